The summed E-state index contributed by atoms with van der Waals surface area (Å²) in [6, 6.07) is 12.2. The van der Waals surface area contributed by atoms with Gasteiger partial charge in [-0.3, -0.25) is 4.28 Å². The highest BCUT2D eigenvalue weighted by molar-refractivity contribution is 7.86. The van der Waals surface area contributed by atoms with Gasteiger partial charge in [0.25, 0.3) is 0 Å². The normalized spacial score (nSPS) is 11.8. The fourth-order valence-corrected chi connectivity index (χ4v) is 2.87. The van der Waals surface area contributed by atoms with Crippen molar-refractivity contribution in [2.45, 2.75) is 11.8 Å². The number of hydrogen-bond donors (Lipinski definition) is 0. The van der Waals surface area contributed by atoms with Crippen LogP contribution in [0.2, 0.25) is 10.0 Å². The van der Waals surface area contributed by atoms with Gasteiger partial charge in [-0.25, -0.2) is 0 Å². The molecule has 0 aromatic heterocycles. The average molecular weight is 369 g/mol. The van der Waals surface area contributed by atoms with Crippen molar-refractivity contribution < 1.29 is 12.7 Å². The van der Waals surface area contributed by atoms with Crippen LogP contribution in [0.4, 0.5) is 0 Å². The van der Waals surface area contributed by atoms with E-state index in [4.69, 9.17) is 28.5 Å². The van der Waals surface area contributed by atoms with Crippen LogP contribution in [-0.2, 0) is 14.4 Å². The van der Waals surface area contributed by atoms with Crippen LogP contribution < -0.4 is 0 Å². The van der Waals surface area contributed by atoms with Gasteiger partial charge in [0, 0.05) is 10.6 Å². The third kappa shape index (κ3) is 4.23. The monoisotopic (exact) mass is 368 g/mol. The van der Waals surface area contributed by atoms with Gasteiger partial charge in [-0.2, -0.15) is 13.7 Å². The van der Waals surface area contributed by atoms with Crippen LogP contribution >= 0.6 is 23.2 Å². The van der Waals surface area contributed by atoms with E-state index in [1.807, 2.05) is 6.92 Å². The Morgan fingerprint density at radius 3 is 2.39 bits per heavy atom. The van der Waals surface area contributed by atoms with E-state index in [2.05, 4.69) is 9.44 Å². The molecule has 2 aromatic rings. The van der Waals surface area contributed by atoms with E-state index in [1.54, 1.807) is 18.2 Å². The lowest BCUT2D eigenvalue weighted by atomic mass is 10.1. The van der Waals surface area contributed by atoms with E-state index in [0.717, 1.165) is 5.56 Å². The number of nitriles is 1. The van der Waals surface area contributed by atoms with E-state index in [1.165, 1.54) is 30.3 Å². The van der Waals surface area contributed by atoms with Crippen molar-refractivity contribution in [3.63, 3.8) is 0 Å². The second kappa shape index (κ2) is 7.01. The molecule has 0 aliphatic heterocycles. The van der Waals surface area contributed by atoms with Crippen LogP contribution in [0.15, 0.2) is 52.5 Å². The molecule has 0 amide bonds. The lowest BCUT2D eigenvalue weighted by Crippen LogP contribution is -2.06. The SMILES string of the molecule is Cc1ccc(S(=O)(=O)O/N=C(\C#N)c2ccc(Cl)cc2Cl)cc1. The minimum atomic E-state index is -4.12. The molecular formula is C15H10Cl2N2O3S. The Labute approximate surface area is 143 Å². The molecule has 8 heteroatoms. The van der Waals surface area contributed by atoms with E-state index < -0.39 is 10.1 Å². The van der Waals surface area contributed by atoms with Gasteiger partial charge in [-0.05, 0) is 37.3 Å². The highest BCUT2D eigenvalue weighted by Crippen LogP contribution is 2.22. The average Bonchev–Trinajstić information content (AvgIpc) is 2.50. The molecule has 0 atom stereocenters. The van der Waals surface area contributed by atoms with Crippen LogP contribution in [0, 0.1) is 18.3 Å². The fraction of sp³-hybridized carbons (Fsp3) is 0.0667. The van der Waals surface area contributed by atoms with Gasteiger partial charge in [-0.15, -0.1) is 0 Å². The first-order valence-electron chi connectivity index (χ1n) is 6.27. The quantitative estimate of drug-likeness (QED) is 0.604. The van der Waals surface area contributed by atoms with Gasteiger partial charge in [0.2, 0.25) is 0 Å². The number of hydrogen-bond acceptors (Lipinski definition) is 5. The van der Waals surface area contributed by atoms with Crippen molar-refractivity contribution in [2.24, 2.45) is 5.16 Å². The number of rotatable bonds is 4. The minimum absolute atomic E-state index is 0.0636. The topological polar surface area (TPSA) is 79.5 Å². The van der Waals surface area contributed by atoms with Crippen molar-refractivity contribution >= 4 is 39.0 Å². The number of oxime groups is 1. The number of aryl methyl sites for hydroxylation is 1. The molecule has 0 bridgehead atoms. The fourth-order valence-electron chi connectivity index (χ4n) is 1.65. The zero-order valence-corrected chi connectivity index (χ0v) is 14.2. The third-order valence-corrected chi connectivity index (χ3v) is 4.50. The predicted octanol–water partition coefficient (Wildman–Crippen LogP) is 3.94. The van der Waals surface area contributed by atoms with Gasteiger partial charge in [0.1, 0.15) is 11.0 Å². The summed E-state index contributed by atoms with van der Waals surface area (Å²) in [5, 5.41) is 13.1. The Morgan fingerprint density at radius 1 is 1.17 bits per heavy atom. The van der Waals surface area contributed by atoms with Gasteiger partial charge < -0.3 is 0 Å². The first-order chi connectivity index (χ1) is 10.8. The maximum absolute atomic E-state index is 12.0. The molecule has 0 spiro atoms. The van der Waals surface area contributed by atoms with E-state index in [9.17, 15) is 8.42 Å². The molecule has 0 saturated heterocycles. The van der Waals surface area contributed by atoms with Crippen LogP contribution in [0.1, 0.15) is 11.1 Å². The number of benzene rings is 2. The molecule has 2 rings (SSSR count). The molecule has 0 aliphatic carbocycles. The standard InChI is InChI=1S/C15H10Cl2N2O3S/c1-10-2-5-12(6-3-10)23(20,21)22-19-15(9-18)13-7-4-11(16)8-14(13)17/h2-8H,1H3/b19-15+. The molecule has 0 heterocycles. The molecule has 0 saturated carbocycles. The van der Waals surface area contributed by atoms with Crippen molar-refractivity contribution in [3.8, 4) is 6.07 Å². The Balaban J connectivity index is 2.32. The summed E-state index contributed by atoms with van der Waals surface area (Å²) < 4.78 is 28.7. The lowest BCUT2D eigenvalue weighted by Gasteiger charge is -2.04. The molecule has 118 valence electrons. The van der Waals surface area contributed by atoms with E-state index in [0.29, 0.717) is 5.02 Å². The second-order valence-corrected chi connectivity index (χ2v) is 6.89. The Morgan fingerprint density at radius 2 is 1.83 bits per heavy atom. The van der Waals surface area contributed by atoms with Crippen molar-refractivity contribution in [3.05, 3.63) is 63.6 Å². The van der Waals surface area contributed by atoms with Gasteiger partial charge in [-0.1, -0.05) is 46.1 Å². The minimum Gasteiger partial charge on any atom is -0.263 e. The third-order valence-electron chi connectivity index (χ3n) is 2.83. The largest absolute Gasteiger partial charge is 0.358 e. The summed E-state index contributed by atoms with van der Waals surface area (Å²) in [6.45, 7) is 1.83. The Kier molecular flexibility index (Phi) is 5.26. The lowest BCUT2D eigenvalue weighted by molar-refractivity contribution is 0.339. The molecule has 0 radical (unpaired) electrons. The maximum Gasteiger partial charge on any atom is 0.358 e. The zero-order chi connectivity index (χ0) is 17.0. The number of halogens is 2. The molecule has 0 N–H and O–H groups in total. The molecule has 0 fully saturated rings. The van der Waals surface area contributed by atoms with Crippen LogP contribution in [-0.4, -0.2) is 14.1 Å². The molecular weight excluding hydrogens is 359 g/mol. The molecule has 0 unspecified atom stereocenters. The van der Waals surface area contributed by atoms with Crippen molar-refractivity contribution in [1.29, 1.82) is 5.26 Å². The van der Waals surface area contributed by atoms with Gasteiger partial charge in [0.05, 0.1) is 5.02 Å². The van der Waals surface area contributed by atoms with Gasteiger partial charge >= 0.3 is 10.1 Å². The summed E-state index contributed by atoms with van der Waals surface area (Å²) >= 11 is 11.7. The summed E-state index contributed by atoms with van der Waals surface area (Å²) in [5.41, 5.74) is 0.845. The van der Waals surface area contributed by atoms with Crippen molar-refractivity contribution in [2.75, 3.05) is 0 Å². The summed E-state index contributed by atoms with van der Waals surface area (Å²) in [4.78, 5) is -0.0636. The zero-order valence-electron chi connectivity index (χ0n) is 11.8. The van der Waals surface area contributed by atoms with Crippen LogP contribution in [0.5, 0.6) is 0 Å². The summed E-state index contributed by atoms with van der Waals surface area (Å²) in [7, 11) is -4.12. The van der Waals surface area contributed by atoms with E-state index >= 15 is 0 Å². The highest BCUT2D eigenvalue weighted by atomic mass is 35.5. The summed E-state index contributed by atoms with van der Waals surface area (Å²) in [5.74, 6) is 0. The smallest absolute Gasteiger partial charge is 0.263 e. The van der Waals surface area contributed by atoms with Crippen LogP contribution in [0.25, 0.3) is 0 Å². The predicted molar refractivity (Wildman–Crippen MR) is 88.1 cm³/mol. The highest BCUT2D eigenvalue weighted by Gasteiger charge is 2.17. The Bertz CT molecular complexity index is 901. The van der Waals surface area contributed by atoms with E-state index in [-0.39, 0.29) is 21.2 Å². The molecule has 5 nitrogen and oxygen atoms in total. The molecule has 23 heavy (non-hydrogen) atoms. The van der Waals surface area contributed by atoms with Crippen molar-refractivity contribution in [1.82, 2.24) is 0 Å². The van der Waals surface area contributed by atoms with Crippen LogP contribution in [0.3, 0.4) is 0 Å². The summed E-state index contributed by atoms with van der Waals surface area (Å²) in [6.07, 6.45) is 0. The maximum atomic E-state index is 12.0. The number of nitrogens with zero attached hydrogens (tertiary/aromatic N) is 2. The van der Waals surface area contributed by atoms with Gasteiger partial charge in [0.15, 0.2) is 5.71 Å². The molecule has 2 aromatic carbocycles. The second-order valence-electron chi connectivity index (χ2n) is 4.52. The first kappa shape index (κ1) is 17.3. The molecule has 0 aliphatic rings. The Hall–Kier alpha value is -2.07. The first-order valence-corrected chi connectivity index (χ1v) is 8.44.